The molecule has 2 saturated heterocycles. The minimum atomic E-state index is -0.770. The van der Waals surface area contributed by atoms with Crippen LogP contribution in [0.5, 0.6) is 0 Å². The number of aromatic amines is 1. The number of fused-ring (bicyclic) bond motifs is 2. The Morgan fingerprint density at radius 2 is 2.04 bits per heavy atom. The van der Waals surface area contributed by atoms with Crippen molar-refractivity contribution in [3.63, 3.8) is 0 Å². The maximum atomic E-state index is 12.3. The van der Waals surface area contributed by atoms with Crippen LogP contribution >= 0.6 is 0 Å². The van der Waals surface area contributed by atoms with E-state index in [1.54, 1.807) is 6.92 Å². The molecule has 0 saturated carbocycles. The summed E-state index contributed by atoms with van der Waals surface area (Å²) in [5.41, 5.74) is -1.27. The molecular weight excluding hydrogens is 328 g/mol. The van der Waals surface area contributed by atoms with Crippen LogP contribution in [0.1, 0.15) is 39.5 Å². The normalized spacial score (nSPS) is 31.4. The minimum Gasteiger partial charge on any atom is -0.376 e. The third kappa shape index (κ3) is 3.31. The zero-order valence-electron chi connectivity index (χ0n) is 15.3. The fraction of sp³-hybridized carbons (Fsp3) is 0.765. The molecule has 2 bridgehead atoms. The average molecular weight is 354 g/mol. The van der Waals surface area contributed by atoms with Crippen LogP contribution in [0.3, 0.4) is 0 Å². The summed E-state index contributed by atoms with van der Waals surface area (Å²) in [5.74, 6) is 0. The fourth-order valence-corrected chi connectivity index (χ4v) is 3.30. The van der Waals surface area contributed by atoms with E-state index in [9.17, 15) is 9.59 Å². The van der Waals surface area contributed by atoms with Crippen LogP contribution < -0.4 is 11.2 Å². The predicted molar refractivity (Wildman–Crippen MR) is 89.7 cm³/mol. The predicted octanol–water partition coefficient (Wildman–Crippen LogP) is 0.730. The van der Waals surface area contributed by atoms with Gasteiger partial charge in [-0.3, -0.25) is 14.3 Å². The van der Waals surface area contributed by atoms with E-state index in [0.29, 0.717) is 18.8 Å². The maximum absolute atomic E-state index is 12.3. The lowest BCUT2D eigenvalue weighted by Gasteiger charge is -2.32. The average Bonchev–Trinajstić information content (AvgIpc) is 3.00. The molecule has 8 heteroatoms. The summed E-state index contributed by atoms with van der Waals surface area (Å²) < 4.78 is 25.4. The van der Waals surface area contributed by atoms with Crippen molar-refractivity contribution < 1.29 is 18.9 Å². The molecule has 1 N–H and O–H groups in total. The summed E-state index contributed by atoms with van der Waals surface area (Å²) >= 11 is 0. The lowest BCUT2D eigenvalue weighted by atomic mass is 9.99. The van der Waals surface area contributed by atoms with Crippen LogP contribution in [-0.4, -0.2) is 52.8 Å². The summed E-state index contributed by atoms with van der Waals surface area (Å²) in [7, 11) is 0. The van der Waals surface area contributed by atoms with Crippen LogP contribution in [0.4, 0.5) is 0 Å². The van der Waals surface area contributed by atoms with E-state index in [2.05, 4.69) is 4.98 Å². The van der Waals surface area contributed by atoms with Gasteiger partial charge < -0.3 is 18.9 Å². The molecular formula is C17H26N2O6. The molecule has 8 nitrogen and oxygen atoms in total. The highest BCUT2D eigenvalue weighted by Crippen LogP contribution is 2.46. The first-order chi connectivity index (χ1) is 11.7. The van der Waals surface area contributed by atoms with E-state index < -0.39 is 29.2 Å². The first-order valence-corrected chi connectivity index (χ1v) is 8.62. The van der Waals surface area contributed by atoms with E-state index in [1.807, 2.05) is 27.7 Å². The highest BCUT2D eigenvalue weighted by atomic mass is 16.7. The Hall–Kier alpha value is -1.48. The number of ether oxygens (including phenoxy) is 4. The zero-order chi connectivity index (χ0) is 18.4. The van der Waals surface area contributed by atoms with Gasteiger partial charge in [0.05, 0.1) is 25.4 Å². The van der Waals surface area contributed by atoms with E-state index in [-0.39, 0.29) is 18.3 Å². The van der Waals surface area contributed by atoms with Crippen molar-refractivity contribution in [1.82, 2.24) is 9.55 Å². The highest BCUT2D eigenvalue weighted by molar-refractivity contribution is 5.10. The number of nitrogens with zero attached hydrogens (tertiary/aromatic N) is 1. The Morgan fingerprint density at radius 3 is 2.68 bits per heavy atom. The second kappa shape index (κ2) is 6.68. The summed E-state index contributed by atoms with van der Waals surface area (Å²) in [5, 5.41) is 0. The Labute approximate surface area is 146 Å². The molecule has 0 amide bonds. The SMILES string of the molecule is Cc1cn([C@@H]2O[C@@]3(COC(C)C)CO[C@@H]2[C@@H]3OC(C)C)c(=O)[nH]c1=O. The number of rotatable bonds is 6. The summed E-state index contributed by atoms with van der Waals surface area (Å²) in [6, 6.07) is 0. The van der Waals surface area contributed by atoms with Gasteiger partial charge in [-0.25, -0.2) is 4.79 Å². The smallest absolute Gasteiger partial charge is 0.330 e. The Morgan fingerprint density at radius 1 is 1.32 bits per heavy atom. The van der Waals surface area contributed by atoms with Crippen molar-refractivity contribution in [3.05, 3.63) is 32.6 Å². The van der Waals surface area contributed by atoms with Gasteiger partial charge in [0.1, 0.15) is 17.8 Å². The molecule has 0 aliphatic carbocycles. The molecule has 2 fully saturated rings. The molecule has 2 aliphatic rings. The second-order valence-corrected chi connectivity index (χ2v) is 7.29. The summed E-state index contributed by atoms with van der Waals surface area (Å²) in [6.45, 7) is 10.1. The first kappa shape index (κ1) is 18.3. The number of H-pyrrole nitrogens is 1. The quantitative estimate of drug-likeness (QED) is 0.810. The monoisotopic (exact) mass is 354 g/mol. The highest BCUT2D eigenvalue weighted by Gasteiger charge is 2.63. The van der Waals surface area contributed by atoms with E-state index in [1.165, 1.54) is 10.8 Å². The van der Waals surface area contributed by atoms with Gasteiger partial charge in [-0.2, -0.15) is 0 Å². The third-order valence-corrected chi connectivity index (χ3v) is 4.47. The van der Waals surface area contributed by atoms with Crippen molar-refractivity contribution in [2.24, 2.45) is 0 Å². The summed E-state index contributed by atoms with van der Waals surface area (Å²) in [4.78, 5) is 26.2. The van der Waals surface area contributed by atoms with Crippen LogP contribution in [0.25, 0.3) is 0 Å². The second-order valence-electron chi connectivity index (χ2n) is 7.29. The van der Waals surface area contributed by atoms with Crippen LogP contribution in [0.2, 0.25) is 0 Å². The van der Waals surface area contributed by atoms with Crippen LogP contribution in [-0.2, 0) is 18.9 Å². The topological polar surface area (TPSA) is 91.8 Å². The molecule has 3 rings (SSSR count). The van der Waals surface area contributed by atoms with Crippen molar-refractivity contribution >= 4 is 0 Å². The van der Waals surface area contributed by atoms with E-state index in [4.69, 9.17) is 18.9 Å². The molecule has 25 heavy (non-hydrogen) atoms. The van der Waals surface area contributed by atoms with Crippen molar-refractivity contribution in [3.8, 4) is 0 Å². The standard InChI is InChI=1S/C17H26N2O6/c1-9(2)22-7-17-8-23-12(13(17)24-10(3)4)15(25-17)19-6-11(5)14(20)18-16(19)21/h6,9-10,12-13,15H,7-8H2,1-5H3,(H,18,20,21)/t12-,13+,15-,17+/m1/s1. The lowest BCUT2D eigenvalue weighted by molar-refractivity contribution is -0.200. The van der Waals surface area contributed by atoms with Gasteiger partial charge in [0.2, 0.25) is 0 Å². The van der Waals surface area contributed by atoms with Gasteiger partial charge >= 0.3 is 5.69 Å². The number of aryl methyl sites for hydroxylation is 1. The Kier molecular flexibility index (Phi) is 4.89. The van der Waals surface area contributed by atoms with Gasteiger partial charge in [-0.1, -0.05) is 0 Å². The van der Waals surface area contributed by atoms with Crippen LogP contribution in [0.15, 0.2) is 15.8 Å². The fourth-order valence-electron chi connectivity index (χ4n) is 3.30. The van der Waals surface area contributed by atoms with Gasteiger partial charge in [-0.15, -0.1) is 0 Å². The number of hydrogen-bond acceptors (Lipinski definition) is 6. The molecule has 4 atom stereocenters. The largest absolute Gasteiger partial charge is 0.376 e. The number of hydrogen-bond donors (Lipinski definition) is 1. The number of nitrogens with one attached hydrogen (secondary N) is 1. The van der Waals surface area contributed by atoms with Gasteiger partial charge in [0.25, 0.3) is 5.56 Å². The first-order valence-electron chi connectivity index (χ1n) is 8.62. The Bertz CT molecular complexity index is 739. The zero-order valence-corrected chi connectivity index (χ0v) is 15.3. The molecule has 1 aromatic heterocycles. The molecule has 0 radical (unpaired) electrons. The minimum absolute atomic E-state index is 0.0241. The van der Waals surface area contributed by atoms with Gasteiger partial charge in [-0.05, 0) is 34.6 Å². The molecule has 0 unspecified atom stereocenters. The molecule has 3 heterocycles. The molecule has 140 valence electrons. The third-order valence-electron chi connectivity index (χ3n) is 4.47. The van der Waals surface area contributed by atoms with Crippen molar-refractivity contribution in [2.45, 2.75) is 70.9 Å². The Balaban J connectivity index is 1.95. The maximum Gasteiger partial charge on any atom is 0.330 e. The molecule has 0 aromatic carbocycles. The molecule has 1 aromatic rings. The lowest BCUT2D eigenvalue weighted by Crippen LogP contribution is -2.47. The molecule has 2 aliphatic heterocycles. The van der Waals surface area contributed by atoms with Gasteiger partial charge in [0.15, 0.2) is 6.23 Å². The van der Waals surface area contributed by atoms with E-state index >= 15 is 0 Å². The number of aromatic nitrogens is 2. The van der Waals surface area contributed by atoms with Crippen molar-refractivity contribution in [1.29, 1.82) is 0 Å². The van der Waals surface area contributed by atoms with Crippen LogP contribution in [0, 0.1) is 6.92 Å². The van der Waals surface area contributed by atoms with Crippen molar-refractivity contribution in [2.75, 3.05) is 13.2 Å². The van der Waals surface area contributed by atoms with Gasteiger partial charge in [0, 0.05) is 11.8 Å². The van der Waals surface area contributed by atoms with E-state index in [0.717, 1.165) is 0 Å². The molecule has 0 spiro atoms. The summed E-state index contributed by atoms with van der Waals surface area (Å²) in [6.07, 6.45) is 0.0463.